The van der Waals surface area contributed by atoms with Crippen LogP contribution in [0.3, 0.4) is 0 Å². The Hall–Kier alpha value is -1.83. The molecule has 0 aliphatic rings. The molecule has 1 amide bonds. The Morgan fingerprint density at radius 1 is 1.40 bits per heavy atom. The predicted octanol–water partition coefficient (Wildman–Crippen LogP) is 1.29. The van der Waals surface area contributed by atoms with Crippen LogP contribution in [0.15, 0.2) is 29.9 Å². The lowest BCUT2D eigenvalue weighted by Crippen LogP contribution is -2.29. The highest BCUT2D eigenvalue weighted by molar-refractivity contribution is 7.11. The zero-order valence-electron chi connectivity index (χ0n) is 10.9. The third-order valence-electron chi connectivity index (χ3n) is 2.63. The number of hydrogen-bond donors (Lipinski definition) is 2. The summed E-state index contributed by atoms with van der Waals surface area (Å²) in [7, 11) is 0. The third kappa shape index (κ3) is 4.37. The summed E-state index contributed by atoms with van der Waals surface area (Å²) in [5, 5.41) is 2.15. The van der Waals surface area contributed by atoms with Crippen molar-refractivity contribution >= 4 is 17.2 Å². The normalized spacial score (nSPS) is 10.4. The molecule has 2 aromatic heterocycles. The summed E-state index contributed by atoms with van der Waals surface area (Å²) in [5.74, 6) is 4.66. The van der Waals surface area contributed by atoms with Gasteiger partial charge in [0.05, 0.1) is 12.3 Å². The maximum absolute atomic E-state index is 11.2. The summed E-state index contributed by atoms with van der Waals surface area (Å²) in [6, 6.07) is 4.00. The van der Waals surface area contributed by atoms with Gasteiger partial charge in [-0.25, -0.2) is 10.8 Å². The number of hydrogen-bond acceptors (Lipinski definition) is 6. The zero-order valence-corrected chi connectivity index (χ0v) is 11.7. The second-order valence-corrected chi connectivity index (χ2v) is 4.99. The molecule has 0 saturated carbocycles. The second-order valence-electron chi connectivity index (χ2n) is 4.13. The maximum Gasteiger partial charge on any atom is 0.294 e. The molecule has 0 atom stereocenters. The summed E-state index contributed by atoms with van der Waals surface area (Å²) in [5.41, 5.74) is 4.05. The minimum atomic E-state index is -0.376. The van der Waals surface area contributed by atoms with Gasteiger partial charge in [-0.15, -0.1) is 11.3 Å². The summed E-state index contributed by atoms with van der Waals surface area (Å²) < 4.78 is 5.53. The molecule has 20 heavy (non-hydrogen) atoms. The lowest BCUT2D eigenvalue weighted by atomic mass is 10.1. The minimum absolute atomic E-state index is 0.350. The van der Waals surface area contributed by atoms with Gasteiger partial charge in [-0.1, -0.05) is 0 Å². The Bertz CT molecular complexity index is 544. The second kappa shape index (κ2) is 7.68. The van der Waals surface area contributed by atoms with Crippen LogP contribution in [0.2, 0.25) is 0 Å². The van der Waals surface area contributed by atoms with E-state index in [1.54, 1.807) is 17.8 Å². The van der Waals surface area contributed by atoms with E-state index >= 15 is 0 Å². The quantitative estimate of drug-likeness (QED) is 0.347. The monoisotopic (exact) mass is 292 g/mol. The van der Waals surface area contributed by atoms with Gasteiger partial charge < -0.3 is 4.74 Å². The average Bonchev–Trinajstić information content (AvgIpc) is 2.96. The standard InChI is InChI=1S/C13H16N4O2S/c14-17-12(18)13-16-11(9-20-13)8-19-7-1-2-10-3-5-15-6-4-10/h3-6,9H,1-2,7-8,14H2,(H,17,18). The molecule has 0 saturated heterocycles. The van der Waals surface area contributed by atoms with Crippen LogP contribution in [-0.2, 0) is 17.8 Å². The number of aryl methyl sites for hydroxylation is 1. The number of rotatable bonds is 7. The van der Waals surface area contributed by atoms with Crippen LogP contribution in [0.4, 0.5) is 0 Å². The molecule has 0 radical (unpaired) electrons. The van der Waals surface area contributed by atoms with E-state index in [0.717, 1.165) is 18.5 Å². The number of hydrazine groups is 1. The largest absolute Gasteiger partial charge is 0.375 e. The molecule has 0 aromatic carbocycles. The summed E-state index contributed by atoms with van der Waals surface area (Å²) in [4.78, 5) is 19.3. The molecular formula is C13H16N4O2S. The first-order valence-corrected chi connectivity index (χ1v) is 7.09. The van der Waals surface area contributed by atoms with Crippen LogP contribution in [0.25, 0.3) is 0 Å². The number of pyridine rings is 1. The number of aromatic nitrogens is 2. The Balaban J connectivity index is 1.66. The number of carbonyl (C=O) groups is 1. The number of nitrogens with one attached hydrogen (secondary N) is 1. The molecule has 2 aromatic rings. The number of amides is 1. The van der Waals surface area contributed by atoms with Crippen LogP contribution in [0.1, 0.15) is 27.5 Å². The topological polar surface area (TPSA) is 90.1 Å². The predicted molar refractivity (Wildman–Crippen MR) is 76.0 cm³/mol. The molecule has 0 aliphatic carbocycles. The van der Waals surface area contributed by atoms with Gasteiger partial charge in [-0.05, 0) is 30.5 Å². The Morgan fingerprint density at radius 3 is 2.95 bits per heavy atom. The number of nitrogen functional groups attached to an aromatic ring is 1. The first-order chi connectivity index (χ1) is 9.79. The fourth-order valence-electron chi connectivity index (χ4n) is 1.64. The summed E-state index contributed by atoms with van der Waals surface area (Å²) in [6.45, 7) is 1.06. The summed E-state index contributed by atoms with van der Waals surface area (Å²) >= 11 is 1.25. The lowest BCUT2D eigenvalue weighted by molar-refractivity contribution is 0.0951. The average molecular weight is 292 g/mol. The number of ether oxygens (including phenoxy) is 1. The highest BCUT2D eigenvalue weighted by Crippen LogP contribution is 2.10. The molecule has 0 aliphatic heterocycles. The maximum atomic E-state index is 11.2. The number of thiazole rings is 1. The molecule has 2 rings (SSSR count). The fraction of sp³-hybridized carbons (Fsp3) is 0.308. The van der Waals surface area contributed by atoms with Gasteiger partial charge in [-0.2, -0.15) is 0 Å². The SMILES string of the molecule is NNC(=O)c1nc(COCCCc2ccncc2)cs1. The lowest BCUT2D eigenvalue weighted by Gasteiger charge is -2.02. The third-order valence-corrected chi connectivity index (χ3v) is 3.52. The first kappa shape index (κ1) is 14.6. The zero-order chi connectivity index (χ0) is 14.2. The van der Waals surface area contributed by atoms with E-state index in [-0.39, 0.29) is 5.91 Å². The van der Waals surface area contributed by atoms with Gasteiger partial charge in [0.15, 0.2) is 5.01 Å². The van der Waals surface area contributed by atoms with Crippen molar-refractivity contribution in [3.05, 3.63) is 46.2 Å². The van der Waals surface area contributed by atoms with Crippen molar-refractivity contribution < 1.29 is 9.53 Å². The molecule has 0 bridgehead atoms. The van der Waals surface area contributed by atoms with Crippen LogP contribution >= 0.6 is 11.3 Å². The van der Waals surface area contributed by atoms with Crippen molar-refractivity contribution in [1.29, 1.82) is 0 Å². The van der Waals surface area contributed by atoms with E-state index in [4.69, 9.17) is 10.6 Å². The van der Waals surface area contributed by atoms with E-state index in [1.807, 2.05) is 12.1 Å². The molecule has 3 N–H and O–H groups in total. The van der Waals surface area contributed by atoms with Gasteiger partial charge in [0.1, 0.15) is 0 Å². The minimum Gasteiger partial charge on any atom is -0.375 e. The van der Waals surface area contributed by atoms with Crippen molar-refractivity contribution in [2.75, 3.05) is 6.61 Å². The highest BCUT2D eigenvalue weighted by Gasteiger charge is 2.09. The molecular weight excluding hydrogens is 276 g/mol. The van der Waals surface area contributed by atoms with E-state index in [9.17, 15) is 4.79 Å². The van der Waals surface area contributed by atoms with Crippen LogP contribution in [0.5, 0.6) is 0 Å². The van der Waals surface area contributed by atoms with Crippen LogP contribution in [-0.4, -0.2) is 22.5 Å². The van der Waals surface area contributed by atoms with E-state index in [0.29, 0.717) is 18.2 Å². The van der Waals surface area contributed by atoms with E-state index in [2.05, 4.69) is 15.4 Å². The number of nitrogens with zero attached hydrogens (tertiary/aromatic N) is 2. The highest BCUT2D eigenvalue weighted by atomic mass is 32.1. The van der Waals surface area contributed by atoms with Gasteiger partial charge >= 0.3 is 0 Å². The van der Waals surface area contributed by atoms with Crippen molar-refractivity contribution in [2.45, 2.75) is 19.4 Å². The van der Waals surface area contributed by atoms with Crippen LogP contribution < -0.4 is 11.3 Å². The Kier molecular flexibility index (Phi) is 5.60. The van der Waals surface area contributed by atoms with Crippen LogP contribution in [0, 0.1) is 0 Å². The Labute approximate surface area is 121 Å². The van der Waals surface area contributed by atoms with Gasteiger partial charge in [-0.3, -0.25) is 15.2 Å². The molecule has 7 heteroatoms. The van der Waals surface area contributed by atoms with Crippen molar-refractivity contribution in [1.82, 2.24) is 15.4 Å². The van der Waals surface area contributed by atoms with Gasteiger partial charge in [0, 0.05) is 24.4 Å². The Morgan fingerprint density at radius 2 is 2.20 bits per heavy atom. The van der Waals surface area contributed by atoms with E-state index < -0.39 is 0 Å². The molecule has 0 unspecified atom stereocenters. The van der Waals surface area contributed by atoms with Crippen molar-refractivity contribution in [2.24, 2.45) is 5.84 Å². The van der Waals surface area contributed by atoms with Crippen molar-refractivity contribution in [3.63, 3.8) is 0 Å². The molecule has 0 fully saturated rings. The van der Waals surface area contributed by atoms with Gasteiger partial charge in [0.25, 0.3) is 5.91 Å². The first-order valence-electron chi connectivity index (χ1n) is 6.21. The molecule has 2 heterocycles. The van der Waals surface area contributed by atoms with E-state index in [1.165, 1.54) is 16.9 Å². The summed E-state index contributed by atoms with van der Waals surface area (Å²) in [6.07, 6.45) is 5.47. The number of carbonyl (C=O) groups excluding carboxylic acids is 1. The molecule has 6 nitrogen and oxygen atoms in total. The van der Waals surface area contributed by atoms with Crippen molar-refractivity contribution in [3.8, 4) is 0 Å². The molecule has 0 spiro atoms. The molecule has 106 valence electrons. The number of nitrogens with two attached hydrogens (primary N) is 1. The fourth-order valence-corrected chi connectivity index (χ4v) is 2.35. The van der Waals surface area contributed by atoms with Gasteiger partial charge in [0.2, 0.25) is 0 Å². The smallest absolute Gasteiger partial charge is 0.294 e.